The number of aromatic nitrogens is 2. The molecule has 0 spiro atoms. The first kappa shape index (κ1) is 17.1. The Morgan fingerprint density at radius 3 is 2.64 bits per heavy atom. The number of rotatable bonds is 7. The van der Waals surface area contributed by atoms with Gasteiger partial charge in [0.25, 0.3) is 5.91 Å². The van der Waals surface area contributed by atoms with Gasteiger partial charge in [0, 0.05) is 13.1 Å². The van der Waals surface area contributed by atoms with Crippen molar-refractivity contribution >= 4 is 11.7 Å². The van der Waals surface area contributed by atoms with Gasteiger partial charge in [-0.15, -0.1) is 10.2 Å². The van der Waals surface area contributed by atoms with E-state index in [0.29, 0.717) is 24.6 Å². The lowest BCUT2D eigenvalue weighted by Gasteiger charge is -2.12. The maximum Gasteiger partial charge on any atom is 0.271 e. The number of nitrogens with zero attached hydrogens (tertiary/aromatic N) is 2. The fourth-order valence-electron chi connectivity index (χ4n) is 2.89. The fraction of sp³-hybridized carbons (Fsp3) is 0.350. The standard InChI is InChI=1S/C20H24N4O/c25-20(21-14-13-16-7-3-1-4-8-16)18-11-12-19(24-23-18)22-15-17-9-5-2-6-10-17/h2,5-7,9-12H,1,3-4,8,13-15H2,(H,21,25)(H,22,24). The average Bonchev–Trinajstić information content (AvgIpc) is 2.68. The Labute approximate surface area is 148 Å². The summed E-state index contributed by atoms with van der Waals surface area (Å²) < 4.78 is 0. The van der Waals surface area contributed by atoms with Gasteiger partial charge in [0.2, 0.25) is 0 Å². The highest BCUT2D eigenvalue weighted by Gasteiger charge is 2.09. The minimum Gasteiger partial charge on any atom is -0.365 e. The largest absolute Gasteiger partial charge is 0.365 e. The molecule has 5 nitrogen and oxygen atoms in total. The van der Waals surface area contributed by atoms with Gasteiger partial charge in [-0.2, -0.15) is 0 Å². The van der Waals surface area contributed by atoms with Crippen LogP contribution in [-0.4, -0.2) is 22.6 Å². The molecule has 2 aromatic rings. The molecule has 0 radical (unpaired) electrons. The Kier molecular flexibility index (Phi) is 6.15. The number of carbonyl (C=O) groups is 1. The highest BCUT2D eigenvalue weighted by atomic mass is 16.1. The number of hydrogen-bond acceptors (Lipinski definition) is 4. The van der Waals surface area contributed by atoms with Crippen LogP contribution in [0.25, 0.3) is 0 Å². The van der Waals surface area contributed by atoms with Crippen LogP contribution in [0.3, 0.4) is 0 Å². The van der Waals surface area contributed by atoms with Crippen LogP contribution >= 0.6 is 0 Å². The van der Waals surface area contributed by atoms with E-state index in [9.17, 15) is 4.79 Å². The Bertz CT molecular complexity index is 710. The molecule has 1 aromatic heterocycles. The first-order chi connectivity index (χ1) is 12.3. The number of amides is 1. The number of hydrogen-bond donors (Lipinski definition) is 2. The molecule has 1 aromatic carbocycles. The summed E-state index contributed by atoms with van der Waals surface area (Å²) in [4.78, 5) is 12.1. The SMILES string of the molecule is O=C(NCCC1=CCCCC1)c1ccc(NCc2ccccc2)nn1. The van der Waals surface area contributed by atoms with Gasteiger partial charge in [0.1, 0.15) is 5.82 Å². The lowest BCUT2D eigenvalue weighted by atomic mass is 9.97. The van der Waals surface area contributed by atoms with Crippen LogP contribution in [0.4, 0.5) is 5.82 Å². The third-order valence-corrected chi connectivity index (χ3v) is 4.33. The molecule has 25 heavy (non-hydrogen) atoms. The third kappa shape index (κ3) is 5.41. The van der Waals surface area contributed by atoms with E-state index in [0.717, 1.165) is 12.8 Å². The van der Waals surface area contributed by atoms with Crippen LogP contribution < -0.4 is 10.6 Å². The van der Waals surface area contributed by atoms with Gasteiger partial charge in [-0.1, -0.05) is 42.0 Å². The van der Waals surface area contributed by atoms with E-state index in [2.05, 4.69) is 26.9 Å². The Morgan fingerprint density at radius 2 is 1.92 bits per heavy atom. The van der Waals surface area contributed by atoms with Gasteiger partial charge < -0.3 is 10.6 Å². The zero-order chi connectivity index (χ0) is 17.3. The molecule has 130 valence electrons. The smallest absolute Gasteiger partial charge is 0.271 e. The van der Waals surface area contributed by atoms with Crippen molar-refractivity contribution in [3.8, 4) is 0 Å². The molecule has 0 atom stereocenters. The molecule has 5 heteroatoms. The molecule has 1 aliphatic rings. The third-order valence-electron chi connectivity index (χ3n) is 4.33. The van der Waals surface area contributed by atoms with E-state index in [1.54, 1.807) is 12.1 Å². The zero-order valence-electron chi connectivity index (χ0n) is 14.4. The quantitative estimate of drug-likeness (QED) is 0.757. The van der Waals surface area contributed by atoms with Crippen molar-refractivity contribution in [1.82, 2.24) is 15.5 Å². The zero-order valence-corrected chi connectivity index (χ0v) is 14.4. The van der Waals surface area contributed by atoms with E-state index in [4.69, 9.17) is 0 Å². The van der Waals surface area contributed by atoms with Crippen molar-refractivity contribution in [2.24, 2.45) is 0 Å². The van der Waals surface area contributed by atoms with Crippen LogP contribution in [0.1, 0.15) is 48.2 Å². The highest BCUT2D eigenvalue weighted by Crippen LogP contribution is 2.19. The molecule has 1 aliphatic carbocycles. The number of benzene rings is 1. The number of nitrogens with one attached hydrogen (secondary N) is 2. The van der Waals surface area contributed by atoms with Crippen LogP contribution in [0.2, 0.25) is 0 Å². The van der Waals surface area contributed by atoms with Crippen LogP contribution in [-0.2, 0) is 6.54 Å². The minimum absolute atomic E-state index is 0.168. The van der Waals surface area contributed by atoms with Gasteiger partial charge in [0.05, 0.1) is 0 Å². The summed E-state index contributed by atoms with van der Waals surface area (Å²) in [5.74, 6) is 0.492. The molecule has 1 heterocycles. The van der Waals surface area contributed by atoms with Gasteiger partial charge >= 0.3 is 0 Å². The molecule has 0 saturated heterocycles. The maximum atomic E-state index is 12.1. The summed E-state index contributed by atoms with van der Waals surface area (Å²) in [6.07, 6.45) is 8.13. The minimum atomic E-state index is -0.168. The second-order valence-corrected chi connectivity index (χ2v) is 6.26. The predicted molar refractivity (Wildman–Crippen MR) is 99.3 cm³/mol. The first-order valence-corrected chi connectivity index (χ1v) is 8.89. The van der Waals surface area contributed by atoms with Gasteiger partial charge in [-0.05, 0) is 49.8 Å². The molecule has 0 saturated carbocycles. The number of carbonyl (C=O) groups excluding carboxylic acids is 1. The second-order valence-electron chi connectivity index (χ2n) is 6.26. The maximum absolute atomic E-state index is 12.1. The van der Waals surface area contributed by atoms with Crippen molar-refractivity contribution in [1.29, 1.82) is 0 Å². The summed E-state index contributed by atoms with van der Waals surface area (Å²) in [5.41, 5.74) is 2.98. The summed E-state index contributed by atoms with van der Waals surface area (Å²) in [7, 11) is 0. The van der Waals surface area contributed by atoms with E-state index in [1.165, 1.54) is 30.4 Å². The summed E-state index contributed by atoms with van der Waals surface area (Å²) in [5, 5.41) is 14.2. The van der Waals surface area contributed by atoms with Crippen LogP contribution in [0.15, 0.2) is 54.1 Å². The number of allylic oxidation sites excluding steroid dienone is 1. The lowest BCUT2D eigenvalue weighted by molar-refractivity contribution is 0.0948. The summed E-state index contributed by atoms with van der Waals surface area (Å²) >= 11 is 0. The van der Waals surface area contributed by atoms with Crippen molar-refractivity contribution in [3.05, 3.63) is 65.4 Å². The Morgan fingerprint density at radius 1 is 1.04 bits per heavy atom. The topological polar surface area (TPSA) is 66.9 Å². The monoisotopic (exact) mass is 336 g/mol. The van der Waals surface area contributed by atoms with E-state index < -0.39 is 0 Å². The van der Waals surface area contributed by atoms with Gasteiger partial charge in [-0.3, -0.25) is 4.79 Å². The van der Waals surface area contributed by atoms with Crippen molar-refractivity contribution in [2.45, 2.75) is 38.6 Å². The fourth-order valence-corrected chi connectivity index (χ4v) is 2.89. The second kappa shape index (κ2) is 8.97. The molecular weight excluding hydrogens is 312 g/mol. The van der Waals surface area contributed by atoms with Crippen molar-refractivity contribution in [3.63, 3.8) is 0 Å². The molecule has 0 bridgehead atoms. The van der Waals surface area contributed by atoms with E-state index in [1.807, 2.05) is 30.3 Å². The van der Waals surface area contributed by atoms with E-state index >= 15 is 0 Å². The number of anilines is 1. The molecular formula is C20H24N4O. The summed E-state index contributed by atoms with van der Waals surface area (Å²) in [6, 6.07) is 13.6. The average molecular weight is 336 g/mol. The van der Waals surface area contributed by atoms with Crippen molar-refractivity contribution in [2.75, 3.05) is 11.9 Å². The lowest BCUT2D eigenvalue weighted by Crippen LogP contribution is -2.26. The van der Waals surface area contributed by atoms with E-state index in [-0.39, 0.29) is 5.91 Å². The van der Waals surface area contributed by atoms with Crippen LogP contribution in [0.5, 0.6) is 0 Å². The van der Waals surface area contributed by atoms with Gasteiger partial charge in [-0.25, -0.2) is 0 Å². The predicted octanol–water partition coefficient (Wildman–Crippen LogP) is 3.71. The molecule has 0 unspecified atom stereocenters. The van der Waals surface area contributed by atoms with Gasteiger partial charge in [0.15, 0.2) is 5.69 Å². The Hall–Kier alpha value is -2.69. The molecule has 3 rings (SSSR count). The molecule has 2 N–H and O–H groups in total. The molecule has 0 aliphatic heterocycles. The molecule has 1 amide bonds. The highest BCUT2D eigenvalue weighted by molar-refractivity contribution is 5.92. The first-order valence-electron chi connectivity index (χ1n) is 8.89. The summed E-state index contributed by atoms with van der Waals surface area (Å²) in [6.45, 7) is 1.33. The molecule has 0 fully saturated rings. The normalized spacial score (nSPS) is 13.8. The van der Waals surface area contributed by atoms with Crippen LogP contribution in [0, 0.1) is 0 Å². The van der Waals surface area contributed by atoms with Crippen molar-refractivity contribution < 1.29 is 4.79 Å². The Balaban J connectivity index is 1.44.